The average Bonchev–Trinajstić information content (AvgIpc) is 3.11. The zero-order valence-corrected chi connectivity index (χ0v) is 16.4. The highest BCUT2D eigenvalue weighted by atomic mass is 19.4. The molecule has 0 N–H and O–H groups in total. The predicted molar refractivity (Wildman–Crippen MR) is 105 cm³/mol. The van der Waals surface area contributed by atoms with Crippen molar-refractivity contribution < 1.29 is 27.4 Å². The summed E-state index contributed by atoms with van der Waals surface area (Å²) >= 11 is 0. The Hall–Kier alpha value is -3.29. The van der Waals surface area contributed by atoms with Gasteiger partial charge < -0.3 is 9.47 Å². The summed E-state index contributed by atoms with van der Waals surface area (Å²) in [6.45, 7) is 3.86. The monoisotopic (exact) mass is 416 g/mol. The highest BCUT2D eigenvalue weighted by molar-refractivity contribution is 5.84. The van der Waals surface area contributed by atoms with Gasteiger partial charge in [0, 0.05) is 28.6 Å². The normalized spacial score (nSPS) is 13.7. The van der Waals surface area contributed by atoms with Gasteiger partial charge >= 0.3 is 6.18 Å². The molecule has 5 nitrogen and oxygen atoms in total. The number of benzene rings is 2. The Morgan fingerprint density at radius 1 is 1.23 bits per heavy atom. The molecule has 2 heterocycles. The van der Waals surface area contributed by atoms with Gasteiger partial charge in [-0.3, -0.25) is 9.48 Å². The fourth-order valence-electron chi connectivity index (χ4n) is 3.37. The maximum Gasteiger partial charge on any atom is 0.435 e. The largest absolute Gasteiger partial charge is 0.489 e. The number of aromatic nitrogens is 2. The van der Waals surface area contributed by atoms with Crippen LogP contribution in [0.15, 0.2) is 42.0 Å². The standard InChI is InChI=1S/C22H19F3N2O3/c1-13(2)27-19-6-3-14(8-18(19)21(26-27)22(23,24)25)11-29-17-5-4-16-7-15(10-28)12-30-20(16)9-17/h3-10,13H,11-12H2,1-2H3. The Bertz CT molecular complexity index is 1150. The lowest BCUT2D eigenvalue weighted by atomic mass is 10.1. The SMILES string of the molecule is CC(C)n1nc(C(F)(F)F)c2cc(COc3ccc4c(c3)OCC(C=O)=C4)ccc21. The minimum absolute atomic E-state index is 0.0533. The van der Waals surface area contributed by atoms with Crippen LogP contribution in [0.5, 0.6) is 11.5 Å². The molecule has 0 radical (unpaired) electrons. The molecule has 30 heavy (non-hydrogen) atoms. The predicted octanol–water partition coefficient (Wildman–Crippen LogP) is 5.19. The molecule has 0 unspecified atom stereocenters. The molecule has 0 fully saturated rings. The van der Waals surface area contributed by atoms with E-state index in [1.807, 2.05) is 0 Å². The van der Waals surface area contributed by atoms with Crippen molar-refractivity contribution >= 4 is 23.3 Å². The molecule has 3 aromatic rings. The minimum Gasteiger partial charge on any atom is -0.489 e. The average molecular weight is 416 g/mol. The van der Waals surface area contributed by atoms with Crippen molar-refractivity contribution in [3.63, 3.8) is 0 Å². The van der Waals surface area contributed by atoms with Gasteiger partial charge in [0.2, 0.25) is 0 Å². The van der Waals surface area contributed by atoms with E-state index in [4.69, 9.17) is 9.47 Å². The third-order valence-corrected chi connectivity index (χ3v) is 4.81. The van der Waals surface area contributed by atoms with Crippen molar-refractivity contribution in [2.45, 2.75) is 32.7 Å². The Kier molecular flexibility index (Phi) is 5.01. The Balaban J connectivity index is 1.59. The van der Waals surface area contributed by atoms with Gasteiger partial charge in [-0.25, -0.2) is 0 Å². The maximum atomic E-state index is 13.4. The smallest absolute Gasteiger partial charge is 0.435 e. The van der Waals surface area contributed by atoms with Gasteiger partial charge in [0.05, 0.1) is 5.52 Å². The van der Waals surface area contributed by atoms with Gasteiger partial charge in [-0.2, -0.15) is 18.3 Å². The quantitative estimate of drug-likeness (QED) is 0.537. The molecule has 4 rings (SSSR count). The second-order valence-electron chi connectivity index (χ2n) is 7.35. The number of hydrogen-bond donors (Lipinski definition) is 0. The molecule has 0 atom stereocenters. The molecular weight excluding hydrogens is 397 g/mol. The maximum absolute atomic E-state index is 13.4. The van der Waals surface area contributed by atoms with E-state index in [2.05, 4.69) is 5.10 Å². The molecule has 8 heteroatoms. The number of halogens is 3. The molecule has 1 aromatic heterocycles. The lowest BCUT2D eigenvalue weighted by Gasteiger charge is -2.16. The third-order valence-electron chi connectivity index (χ3n) is 4.81. The Morgan fingerprint density at radius 3 is 2.73 bits per heavy atom. The van der Waals surface area contributed by atoms with Crippen LogP contribution in [0.4, 0.5) is 13.2 Å². The molecule has 0 bridgehead atoms. The number of carbonyl (C=O) groups is 1. The van der Waals surface area contributed by atoms with Crippen LogP contribution in [0.1, 0.15) is 36.7 Å². The highest BCUT2D eigenvalue weighted by Crippen LogP contribution is 2.36. The first kappa shape index (κ1) is 20.0. The molecule has 1 aliphatic heterocycles. The van der Waals surface area contributed by atoms with Crippen molar-refractivity contribution in [2.24, 2.45) is 0 Å². The van der Waals surface area contributed by atoms with Crippen LogP contribution in [-0.2, 0) is 17.6 Å². The highest BCUT2D eigenvalue weighted by Gasteiger charge is 2.37. The summed E-state index contributed by atoms with van der Waals surface area (Å²) < 4.78 is 53.0. The number of aldehydes is 1. The Labute approximate surface area is 170 Å². The summed E-state index contributed by atoms with van der Waals surface area (Å²) in [7, 11) is 0. The van der Waals surface area contributed by atoms with Gasteiger partial charge in [-0.15, -0.1) is 0 Å². The number of ether oxygens (including phenoxy) is 2. The van der Waals surface area contributed by atoms with Gasteiger partial charge in [-0.05, 0) is 49.8 Å². The van der Waals surface area contributed by atoms with Crippen LogP contribution >= 0.6 is 0 Å². The minimum atomic E-state index is -4.54. The lowest BCUT2D eigenvalue weighted by molar-refractivity contribution is -0.140. The zero-order chi connectivity index (χ0) is 21.5. The van der Waals surface area contributed by atoms with Crippen LogP contribution in [-0.4, -0.2) is 22.7 Å². The van der Waals surface area contributed by atoms with Crippen molar-refractivity contribution in [1.29, 1.82) is 0 Å². The summed E-state index contributed by atoms with van der Waals surface area (Å²) in [5.74, 6) is 1.11. The van der Waals surface area contributed by atoms with E-state index in [1.54, 1.807) is 50.3 Å². The van der Waals surface area contributed by atoms with Crippen LogP contribution in [0.3, 0.4) is 0 Å². The van der Waals surface area contributed by atoms with E-state index in [9.17, 15) is 18.0 Å². The molecule has 0 amide bonds. The van der Waals surface area contributed by atoms with Gasteiger partial charge in [0.1, 0.15) is 31.0 Å². The molecule has 0 spiro atoms. The van der Waals surface area contributed by atoms with Crippen molar-refractivity contribution in [2.75, 3.05) is 6.61 Å². The van der Waals surface area contributed by atoms with E-state index in [-0.39, 0.29) is 24.6 Å². The van der Waals surface area contributed by atoms with E-state index in [0.29, 0.717) is 28.2 Å². The van der Waals surface area contributed by atoms with Gasteiger partial charge in [0.15, 0.2) is 5.69 Å². The third kappa shape index (κ3) is 3.77. The van der Waals surface area contributed by atoms with E-state index < -0.39 is 11.9 Å². The van der Waals surface area contributed by atoms with Crippen LogP contribution in [0.2, 0.25) is 0 Å². The molecule has 156 valence electrons. The summed E-state index contributed by atoms with van der Waals surface area (Å²) in [6, 6.07) is 9.83. The zero-order valence-electron chi connectivity index (χ0n) is 16.4. The topological polar surface area (TPSA) is 53.4 Å². The fourth-order valence-corrected chi connectivity index (χ4v) is 3.37. The molecule has 0 saturated carbocycles. The van der Waals surface area contributed by atoms with Crippen molar-refractivity contribution in [3.8, 4) is 11.5 Å². The van der Waals surface area contributed by atoms with E-state index in [0.717, 1.165) is 11.8 Å². The van der Waals surface area contributed by atoms with Gasteiger partial charge in [-0.1, -0.05) is 6.07 Å². The second kappa shape index (κ2) is 7.51. The molecular formula is C22H19F3N2O3. The van der Waals surface area contributed by atoms with Crippen LogP contribution in [0.25, 0.3) is 17.0 Å². The number of alkyl halides is 3. The molecule has 0 aliphatic carbocycles. The van der Waals surface area contributed by atoms with Crippen LogP contribution in [0, 0.1) is 0 Å². The van der Waals surface area contributed by atoms with E-state index in [1.165, 1.54) is 10.7 Å². The first-order chi connectivity index (χ1) is 14.3. The second-order valence-corrected chi connectivity index (χ2v) is 7.35. The molecule has 2 aromatic carbocycles. The Morgan fingerprint density at radius 2 is 2.03 bits per heavy atom. The van der Waals surface area contributed by atoms with Crippen molar-refractivity contribution in [1.82, 2.24) is 9.78 Å². The van der Waals surface area contributed by atoms with Crippen LogP contribution < -0.4 is 9.47 Å². The molecule has 0 saturated heterocycles. The number of fused-ring (bicyclic) bond motifs is 2. The number of nitrogens with zero attached hydrogens (tertiary/aromatic N) is 2. The first-order valence-electron chi connectivity index (χ1n) is 9.40. The number of rotatable bonds is 5. The first-order valence-corrected chi connectivity index (χ1v) is 9.40. The summed E-state index contributed by atoms with van der Waals surface area (Å²) in [6.07, 6.45) is -2.05. The summed E-state index contributed by atoms with van der Waals surface area (Å²) in [5, 5.41) is 3.84. The van der Waals surface area contributed by atoms with Gasteiger partial charge in [0.25, 0.3) is 0 Å². The fraction of sp³-hybridized carbons (Fsp3) is 0.273. The summed E-state index contributed by atoms with van der Waals surface area (Å²) in [4.78, 5) is 10.9. The van der Waals surface area contributed by atoms with Crippen molar-refractivity contribution in [3.05, 3.63) is 58.8 Å². The number of carbonyl (C=O) groups excluding carboxylic acids is 1. The lowest BCUT2D eigenvalue weighted by Crippen LogP contribution is -2.09. The summed E-state index contributed by atoms with van der Waals surface area (Å²) in [5.41, 5.74) is 1.45. The van der Waals surface area contributed by atoms with E-state index >= 15 is 0 Å². The molecule has 1 aliphatic rings. The number of hydrogen-bond acceptors (Lipinski definition) is 4.